The lowest BCUT2D eigenvalue weighted by atomic mass is 10.2. The predicted octanol–water partition coefficient (Wildman–Crippen LogP) is 0.838. The Morgan fingerprint density at radius 2 is 2.15 bits per heavy atom. The summed E-state index contributed by atoms with van der Waals surface area (Å²) < 4.78 is 10.0. The number of carbonyl (C=O) groups is 2. The van der Waals surface area contributed by atoms with Gasteiger partial charge in [-0.05, 0) is 20.8 Å². The Kier molecular flexibility index (Phi) is 7.86. The average molecular weight is 288 g/mol. The number of ether oxygens (including phenoxy) is 2. The maximum absolute atomic E-state index is 10.5. The summed E-state index contributed by atoms with van der Waals surface area (Å²) in [7, 11) is 0. The normalized spacial score (nSPS) is 18.6. The smallest absolute Gasteiger partial charge is 0.407 e. The molecule has 0 saturated carbocycles. The van der Waals surface area contributed by atoms with E-state index in [1.165, 1.54) is 4.90 Å². The molecular weight excluding hydrogens is 264 g/mol. The molecule has 0 aromatic heterocycles. The van der Waals surface area contributed by atoms with Crippen LogP contribution in [-0.4, -0.2) is 60.0 Å². The lowest BCUT2D eigenvalue weighted by Crippen LogP contribution is -2.47. The Hall–Kier alpha value is -1.60. The summed E-state index contributed by atoms with van der Waals surface area (Å²) >= 11 is 0. The zero-order chi connectivity index (χ0) is 15.8. The number of nitrogens with two attached hydrogens (primary N) is 1. The molecule has 0 aromatic carbocycles. The maximum atomic E-state index is 10.5. The van der Waals surface area contributed by atoms with Crippen LogP contribution in [0.1, 0.15) is 20.8 Å². The topological polar surface area (TPSA) is 102 Å². The van der Waals surface area contributed by atoms with Crippen molar-refractivity contribution in [3.05, 3.63) is 12.7 Å². The number of hydrogen-bond donors (Lipinski definition) is 2. The van der Waals surface area contributed by atoms with Gasteiger partial charge in [-0.3, -0.25) is 0 Å². The third-order valence-electron chi connectivity index (χ3n) is 2.25. The van der Waals surface area contributed by atoms with Crippen LogP contribution in [0, 0.1) is 0 Å². The van der Waals surface area contributed by atoms with Crippen LogP contribution in [0.3, 0.4) is 0 Å². The molecule has 1 aliphatic rings. The molecule has 7 nitrogen and oxygen atoms in total. The molecule has 0 spiro atoms. The second-order valence-corrected chi connectivity index (χ2v) is 5.19. The van der Waals surface area contributed by atoms with Gasteiger partial charge in [0.15, 0.2) is 0 Å². The fraction of sp³-hybridized carbons (Fsp3) is 0.692. The van der Waals surface area contributed by atoms with Crippen molar-refractivity contribution in [2.75, 3.05) is 26.2 Å². The number of carboxylic acid groups (broad SMARTS) is 1. The van der Waals surface area contributed by atoms with Gasteiger partial charge in [0, 0.05) is 19.2 Å². The van der Waals surface area contributed by atoms with E-state index in [-0.39, 0.29) is 12.1 Å². The standard InChI is InChI=1S/C7H12O2.C6H12N2O3/c1-5-6(8)9-7(2,3)4;7-3-5-4-8(6(9)10)1-2-11-5/h5H,1H2,2-4H3;5H,1-4,7H2,(H,9,10). The van der Waals surface area contributed by atoms with Gasteiger partial charge >= 0.3 is 12.1 Å². The van der Waals surface area contributed by atoms with Gasteiger partial charge in [0.1, 0.15) is 5.60 Å². The minimum absolute atomic E-state index is 0.125. The second kappa shape index (κ2) is 8.55. The van der Waals surface area contributed by atoms with E-state index in [9.17, 15) is 9.59 Å². The second-order valence-electron chi connectivity index (χ2n) is 5.19. The molecular formula is C13H24N2O5. The monoisotopic (exact) mass is 288 g/mol. The largest absolute Gasteiger partial charge is 0.465 e. The number of morpholine rings is 1. The van der Waals surface area contributed by atoms with Crippen LogP contribution in [0.25, 0.3) is 0 Å². The molecule has 0 radical (unpaired) electrons. The molecule has 1 atom stereocenters. The highest BCUT2D eigenvalue weighted by atomic mass is 16.6. The number of carbonyl (C=O) groups excluding carboxylic acids is 1. The van der Waals surface area contributed by atoms with E-state index in [4.69, 9.17) is 20.3 Å². The zero-order valence-electron chi connectivity index (χ0n) is 12.3. The molecule has 0 aromatic rings. The van der Waals surface area contributed by atoms with Crippen LogP contribution in [0.5, 0.6) is 0 Å². The molecule has 1 heterocycles. The molecule has 1 amide bonds. The predicted molar refractivity (Wildman–Crippen MR) is 74.4 cm³/mol. The quantitative estimate of drug-likeness (QED) is 0.576. The zero-order valence-corrected chi connectivity index (χ0v) is 12.3. The van der Waals surface area contributed by atoms with Crippen molar-refractivity contribution >= 4 is 12.1 Å². The number of hydrogen-bond acceptors (Lipinski definition) is 5. The molecule has 1 fully saturated rings. The molecule has 1 aliphatic heterocycles. The summed E-state index contributed by atoms with van der Waals surface area (Å²) in [5.74, 6) is -0.373. The molecule has 7 heteroatoms. The Morgan fingerprint density at radius 3 is 2.50 bits per heavy atom. The number of rotatable bonds is 2. The summed E-state index contributed by atoms with van der Waals surface area (Å²) in [6.45, 7) is 10.4. The van der Waals surface area contributed by atoms with Crippen LogP contribution >= 0.6 is 0 Å². The molecule has 0 bridgehead atoms. The molecule has 1 saturated heterocycles. The van der Waals surface area contributed by atoms with Crippen molar-refractivity contribution in [3.8, 4) is 0 Å². The third kappa shape index (κ3) is 8.49. The number of amides is 1. The summed E-state index contributed by atoms with van der Waals surface area (Å²) in [5, 5.41) is 8.58. The van der Waals surface area contributed by atoms with Crippen molar-refractivity contribution in [1.29, 1.82) is 0 Å². The Balaban J connectivity index is 0.000000370. The molecule has 1 unspecified atom stereocenters. The highest BCUT2D eigenvalue weighted by Crippen LogP contribution is 2.06. The van der Waals surface area contributed by atoms with Gasteiger partial charge in [0.05, 0.1) is 19.3 Å². The fourth-order valence-electron chi connectivity index (χ4n) is 1.38. The summed E-state index contributed by atoms with van der Waals surface area (Å²) in [6.07, 6.45) is 0.136. The highest BCUT2D eigenvalue weighted by Gasteiger charge is 2.22. The average Bonchev–Trinajstić information content (AvgIpc) is 2.37. The first-order valence-corrected chi connectivity index (χ1v) is 6.34. The number of nitrogens with zero attached hydrogens (tertiary/aromatic N) is 1. The molecule has 0 aliphatic carbocycles. The first kappa shape index (κ1) is 18.4. The van der Waals surface area contributed by atoms with Gasteiger partial charge in [-0.1, -0.05) is 6.58 Å². The van der Waals surface area contributed by atoms with Crippen LogP contribution in [0.4, 0.5) is 4.79 Å². The van der Waals surface area contributed by atoms with Gasteiger partial charge in [0.2, 0.25) is 0 Å². The Labute approximate surface area is 119 Å². The van der Waals surface area contributed by atoms with E-state index in [2.05, 4.69) is 6.58 Å². The van der Waals surface area contributed by atoms with Crippen molar-refractivity contribution in [2.24, 2.45) is 5.73 Å². The SMILES string of the molecule is C=CC(=O)OC(C)(C)C.NCC1CN(C(=O)O)CCO1. The molecule has 116 valence electrons. The van der Waals surface area contributed by atoms with E-state index < -0.39 is 11.7 Å². The first-order chi connectivity index (χ1) is 9.19. The summed E-state index contributed by atoms with van der Waals surface area (Å²) in [5.41, 5.74) is 4.92. The van der Waals surface area contributed by atoms with Crippen LogP contribution < -0.4 is 5.73 Å². The molecule has 20 heavy (non-hydrogen) atoms. The summed E-state index contributed by atoms with van der Waals surface area (Å²) in [6, 6.07) is 0. The minimum Gasteiger partial charge on any atom is -0.465 e. The third-order valence-corrected chi connectivity index (χ3v) is 2.25. The van der Waals surface area contributed by atoms with E-state index >= 15 is 0 Å². The van der Waals surface area contributed by atoms with Gasteiger partial charge < -0.3 is 25.2 Å². The van der Waals surface area contributed by atoms with Crippen molar-refractivity contribution < 1.29 is 24.2 Å². The molecule has 1 rings (SSSR count). The highest BCUT2D eigenvalue weighted by molar-refractivity contribution is 5.81. The minimum atomic E-state index is -0.897. The lowest BCUT2D eigenvalue weighted by Gasteiger charge is -2.30. The first-order valence-electron chi connectivity index (χ1n) is 6.34. The van der Waals surface area contributed by atoms with Gasteiger partial charge in [-0.25, -0.2) is 9.59 Å². The van der Waals surface area contributed by atoms with Crippen LogP contribution in [-0.2, 0) is 14.3 Å². The van der Waals surface area contributed by atoms with E-state index in [0.29, 0.717) is 26.2 Å². The van der Waals surface area contributed by atoms with Crippen molar-refractivity contribution in [3.63, 3.8) is 0 Å². The molecule has 3 N–H and O–H groups in total. The number of esters is 1. The van der Waals surface area contributed by atoms with Crippen molar-refractivity contribution in [1.82, 2.24) is 4.90 Å². The summed E-state index contributed by atoms with van der Waals surface area (Å²) in [4.78, 5) is 22.3. The Morgan fingerprint density at radius 1 is 1.55 bits per heavy atom. The lowest BCUT2D eigenvalue weighted by molar-refractivity contribution is -0.148. The van der Waals surface area contributed by atoms with Gasteiger partial charge in [0.25, 0.3) is 0 Å². The maximum Gasteiger partial charge on any atom is 0.407 e. The van der Waals surface area contributed by atoms with Gasteiger partial charge in [-0.2, -0.15) is 0 Å². The van der Waals surface area contributed by atoms with E-state index in [1.54, 1.807) is 0 Å². The van der Waals surface area contributed by atoms with Crippen LogP contribution in [0.2, 0.25) is 0 Å². The van der Waals surface area contributed by atoms with E-state index in [1.807, 2.05) is 20.8 Å². The van der Waals surface area contributed by atoms with Gasteiger partial charge in [-0.15, -0.1) is 0 Å². The van der Waals surface area contributed by atoms with Crippen LogP contribution in [0.15, 0.2) is 12.7 Å². The Bertz CT molecular complexity index is 338. The van der Waals surface area contributed by atoms with Crippen molar-refractivity contribution in [2.45, 2.75) is 32.5 Å². The fourth-order valence-corrected chi connectivity index (χ4v) is 1.38. The van der Waals surface area contributed by atoms with E-state index in [0.717, 1.165) is 6.08 Å².